The Labute approximate surface area is 200 Å². The number of amides is 2. The Morgan fingerprint density at radius 1 is 1.26 bits per heavy atom. The minimum Gasteiger partial charge on any atom is -0.497 e. The Bertz CT molecular complexity index is 1290. The van der Waals surface area contributed by atoms with E-state index in [4.69, 9.17) is 21.6 Å². The third kappa shape index (κ3) is 4.79. The van der Waals surface area contributed by atoms with Crippen LogP contribution in [-0.2, 0) is 0 Å². The van der Waals surface area contributed by atoms with E-state index in [0.29, 0.717) is 23.8 Å². The van der Waals surface area contributed by atoms with Crippen molar-refractivity contribution >= 4 is 45.9 Å². The molecule has 11 heteroatoms. The number of carbonyl (C=O) groups excluding carboxylic acids is 1. The number of ether oxygens (including phenoxy) is 1. The lowest BCUT2D eigenvalue weighted by Crippen LogP contribution is -2.55. The van der Waals surface area contributed by atoms with Gasteiger partial charge >= 0.3 is 6.09 Å². The maximum atomic E-state index is 13.1. The first-order valence-electron chi connectivity index (χ1n) is 10.4. The van der Waals surface area contributed by atoms with Crippen LogP contribution < -0.4 is 15.0 Å². The summed E-state index contributed by atoms with van der Waals surface area (Å²) in [6.07, 6.45) is -1.04. The average Bonchev–Trinajstić information content (AvgIpc) is 2.83. The van der Waals surface area contributed by atoms with Crippen molar-refractivity contribution in [2.75, 3.05) is 37.0 Å². The van der Waals surface area contributed by atoms with E-state index in [-0.39, 0.29) is 30.5 Å². The molecule has 1 saturated heterocycles. The zero-order chi connectivity index (χ0) is 24.2. The van der Waals surface area contributed by atoms with Gasteiger partial charge in [0.1, 0.15) is 17.3 Å². The number of rotatable bonds is 5. The van der Waals surface area contributed by atoms with E-state index < -0.39 is 18.0 Å². The first kappa shape index (κ1) is 23.1. The Kier molecular flexibility index (Phi) is 6.65. The lowest BCUT2D eigenvalue weighted by molar-refractivity contribution is 0.102. The standard InChI is InChI=1S/C23H21ClN6O4/c1-34-16-10-14-4-2-3-5-17(14)18(11-16)26-21(31)19-12-20(28-22(24)27-19)29-8-9-30(23(32)33)15(13-29)6-7-25/h2-5,10-12,15H,6,8-9,13H2,1H3,(H,26,31)(H,32,33). The maximum absolute atomic E-state index is 13.1. The van der Waals surface area contributed by atoms with Crippen molar-refractivity contribution in [1.29, 1.82) is 5.26 Å². The van der Waals surface area contributed by atoms with Gasteiger partial charge in [0.15, 0.2) is 0 Å². The molecular formula is C23H21ClN6O4. The second-order valence-corrected chi connectivity index (χ2v) is 8.01. The molecular weight excluding hydrogens is 460 g/mol. The van der Waals surface area contributed by atoms with Crippen LogP contribution in [0.25, 0.3) is 10.8 Å². The van der Waals surface area contributed by atoms with Crippen LogP contribution in [0.3, 0.4) is 0 Å². The lowest BCUT2D eigenvalue weighted by atomic mass is 10.1. The maximum Gasteiger partial charge on any atom is 0.407 e. The molecule has 0 saturated carbocycles. The molecule has 2 N–H and O–H groups in total. The van der Waals surface area contributed by atoms with E-state index in [0.717, 1.165) is 10.8 Å². The number of nitrogens with one attached hydrogen (secondary N) is 1. The van der Waals surface area contributed by atoms with Crippen molar-refractivity contribution in [3.8, 4) is 11.8 Å². The molecule has 10 nitrogen and oxygen atoms in total. The SMILES string of the molecule is COc1cc(NC(=O)c2cc(N3CCN(C(=O)O)C(CC#N)C3)nc(Cl)n2)c2ccccc2c1. The van der Waals surface area contributed by atoms with Gasteiger partial charge in [-0.05, 0) is 23.1 Å². The van der Waals surface area contributed by atoms with Crippen molar-refractivity contribution in [3.63, 3.8) is 0 Å². The number of aromatic nitrogens is 2. The molecule has 1 atom stereocenters. The van der Waals surface area contributed by atoms with Crippen LogP contribution in [0.4, 0.5) is 16.3 Å². The molecule has 34 heavy (non-hydrogen) atoms. The summed E-state index contributed by atoms with van der Waals surface area (Å²) in [5, 5.41) is 23.0. The van der Waals surface area contributed by atoms with Gasteiger partial charge in [-0.2, -0.15) is 5.26 Å². The van der Waals surface area contributed by atoms with Crippen LogP contribution in [0.1, 0.15) is 16.9 Å². The van der Waals surface area contributed by atoms with Gasteiger partial charge in [-0.25, -0.2) is 14.8 Å². The van der Waals surface area contributed by atoms with Crippen LogP contribution in [-0.4, -0.2) is 64.8 Å². The van der Waals surface area contributed by atoms with Crippen molar-refractivity contribution in [2.24, 2.45) is 0 Å². The summed E-state index contributed by atoms with van der Waals surface area (Å²) < 4.78 is 5.35. The second kappa shape index (κ2) is 9.80. The van der Waals surface area contributed by atoms with Crippen LogP contribution in [0, 0.1) is 11.3 Å². The van der Waals surface area contributed by atoms with Gasteiger partial charge in [-0.15, -0.1) is 0 Å². The summed E-state index contributed by atoms with van der Waals surface area (Å²) in [6.45, 7) is 0.776. The monoisotopic (exact) mass is 480 g/mol. The Morgan fingerprint density at radius 2 is 2.06 bits per heavy atom. The molecule has 0 bridgehead atoms. The number of carboxylic acid groups (broad SMARTS) is 1. The molecule has 4 rings (SSSR count). The molecule has 0 spiro atoms. The smallest absolute Gasteiger partial charge is 0.407 e. The number of nitriles is 1. The van der Waals surface area contributed by atoms with Gasteiger partial charge in [-0.1, -0.05) is 24.3 Å². The number of hydrogen-bond acceptors (Lipinski definition) is 7. The predicted octanol–water partition coefficient (Wildman–Crippen LogP) is 3.63. The average molecular weight is 481 g/mol. The molecule has 1 aliphatic heterocycles. The van der Waals surface area contributed by atoms with Crippen LogP contribution >= 0.6 is 11.6 Å². The highest BCUT2D eigenvalue weighted by Crippen LogP contribution is 2.30. The fourth-order valence-electron chi connectivity index (χ4n) is 3.97. The number of benzene rings is 2. The van der Waals surface area contributed by atoms with Gasteiger partial charge in [0.25, 0.3) is 5.91 Å². The van der Waals surface area contributed by atoms with Crippen LogP contribution in [0.2, 0.25) is 5.28 Å². The Morgan fingerprint density at radius 3 is 2.79 bits per heavy atom. The molecule has 1 unspecified atom stereocenters. The highest BCUT2D eigenvalue weighted by molar-refractivity contribution is 6.28. The van der Waals surface area contributed by atoms with E-state index in [9.17, 15) is 14.7 Å². The molecule has 2 amide bonds. The Hall–Kier alpha value is -4.10. The van der Waals surface area contributed by atoms with E-state index in [1.54, 1.807) is 18.1 Å². The zero-order valence-electron chi connectivity index (χ0n) is 18.2. The molecule has 2 aromatic carbocycles. The molecule has 0 radical (unpaired) electrons. The number of methoxy groups -OCH3 is 1. The first-order valence-corrected chi connectivity index (χ1v) is 10.8. The van der Waals surface area contributed by atoms with E-state index in [2.05, 4.69) is 15.3 Å². The van der Waals surface area contributed by atoms with Crippen molar-refractivity contribution in [3.05, 3.63) is 53.4 Å². The summed E-state index contributed by atoms with van der Waals surface area (Å²) in [4.78, 5) is 35.9. The number of halogens is 1. The summed E-state index contributed by atoms with van der Waals surface area (Å²) in [5.74, 6) is 0.491. The van der Waals surface area contributed by atoms with Gasteiger partial charge in [0, 0.05) is 37.2 Å². The van der Waals surface area contributed by atoms with E-state index >= 15 is 0 Å². The number of anilines is 2. The number of fused-ring (bicyclic) bond motifs is 1. The topological polar surface area (TPSA) is 132 Å². The Balaban J connectivity index is 1.61. The van der Waals surface area contributed by atoms with E-state index in [1.165, 1.54) is 11.0 Å². The fourth-order valence-corrected chi connectivity index (χ4v) is 4.15. The molecule has 2 heterocycles. The number of piperazine rings is 1. The van der Waals surface area contributed by atoms with Gasteiger partial charge in [-0.3, -0.25) is 4.79 Å². The number of nitrogens with zero attached hydrogens (tertiary/aromatic N) is 5. The van der Waals surface area contributed by atoms with E-state index in [1.807, 2.05) is 36.4 Å². The third-order valence-corrected chi connectivity index (χ3v) is 5.79. The summed E-state index contributed by atoms with van der Waals surface area (Å²) in [6, 6.07) is 14.2. The normalized spacial score (nSPS) is 15.6. The minimum atomic E-state index is -1.08. The van der Waals surface area contributed by atoms with Gasteiger partial charge < -0.3 is 25.0 Å². The first-order chi connectivity index (χ1) is 16.4. The van der Waals surface area contributed by atoms with Crippen LogP contribution in [0.15, 0.2) is 42.5 Å². The largest absolute Gasteiger partial charge is 0.497 e. The van der Waals surface area contributed by atoms with Crippen LogP contribution in [0.5, 0.6) is 5.75 Å². The predicted molar refractivity (Wildman–Crippen MR) is 126 cm³/mol. The third-order valence-electron chi connectivity index (χ3n) is 5.62. The molecule has 1 fully saturated rings. The molecule has 0 aliphatic carbocycles. The lowest BCUT2D eigenvalue weighted by Gasteiger charge is -2.39. The highest BCUT2D eigenvalue weighted by Gasteiger charge is 2.31. The van der Waals surface area contributed by atoms with Crippen molar-refractivity contribution < 1.29 is 19.4 Å². The molecule has 174 valence electrons. The summed E-state index contributed by atoms with van der Waals surface area (Å²) in [5.41, 5.74) is 0.611. The van der Waals surface area contributed by atoms with Gasteiger partial charge in [0.2, 0.25) is 5.28 Å². The van der Waals surface area contributed by atoms with Crippen molar-refractivity contribution in [1.82, 2.24) is 14.9 Å². The number of carbonyl (C=O) groups is 2. The second-order valence-electron chi connectivity index (χ2n) is 7.67. The minimum absolute atomic E-state index is 0.0396. The summed E-state index contributed by atoms with van der Waals surface area (Å²) in [7, 11) is 1.55. The molecule has 1 aromatic heterocycles. The molecule has 3 aromatic rings. The summed E-state index contributed by atoms with van der Waals surface area (Å²) >= 11 is 6.13. The van der Waals surface area contributed by atoms with Gasteiger partial charge in [0.05, 0.1) is 31.3 Å². The van der Waals surface area contributed by atoms with Crippen molar-refractivity contribution in [2.45, 2.75) is 12.5 Å². The zero-order valence-corrected chi connectivity index (χ0v) is 19.0. The highest BCUT2D eigenvalue weighted by atomic mass is 35.5. The quantitative estimate of drug-likeness (QED) is 0.529. The fraction of sp³-hybridized carbons (Fsp3) is 0.261. The molecule has 1 aliphatic rings. The number of hydrogen-bond donors (Lipinski definition) is 2.